The third kappa shape index (κ3) is 2.90. The van der Waals surface area contributed by atoms with E-state index >= 15 is 0 Å². The van der Waals surface area contributed by atoms with Crippen molar-refractivity contribution in [1.82, 2.24) is 14.3 Å². The quantitative estimate of drug-likeness (QED) is 0.732. The number of halogens is 1. The molecule has 0 unspecified atom stereocenters. The summed E-state index contributed by atoms with van der Waals surface area (Å²) < 4.78 is 18.6. The Morgan fingerprint density at radius 2 is 1.76 bits per heavy atom. The lowest BCUT2D eigenvalue weighted by Crippen LogP contribution is -2.24. The Labute approximate surface area is 130 Å². The van der Waals surface area contributed by atoms with Crippen LogP contribution in [0.3, 0.4) is 0 Å². The lowest BCUT2D eigenvalue weighted by molar-refractivity contribution is 0.324. The number of alkyl halides is 1. The van der Waals surface area contributed by atoms with Crippen LogP contribution in [0.15, 0.2) is 23.3 Å². The molecule has 1 heterocycles. The van der Waals surface area contributed by atoms with Crippen molar-refractivity contribution in [2.24, 2.45) is 0 Å². The first-order valence-electron chi connectivity index (χ1n) is 6.17. The van der Waals surface area contributed by atoms with Crippen molar-refractivity contribution < 1.29 is 14.2 Å². The number of methoxy groups -OCH3 is 3. The molecule has 0 aliphatic rings. The molecule has 0 saturated carbocycles. The van der Waals surface area contributed by atoms with Crippen LogP contribution in [0.4, 0.5) is 0 Å². The molecule has 2 rings (SSSR count). The Bertz CT molecular complexity index is 655. The summed E-state index contributed by atoms with van der Waals surface area (Å²) in [5.74, 6) is 1.43. The minimum absolute atomic E-state index is 0.233. The fourth-order valence-corrected chi connectivity index (χ4v) is 2.29. The Hall–Kier alpha value is -1.96. The van der Waals surface area contributed by atoms with Gasteiger partial charge in [0.2, 0.25) is 5.75 Å². The van der Waals surface area contributed by atoms with E-state index in [4.69, 9.17) is 14.2 Å². The van der Waals surface area contributed by atoms with Crippen LogP contribution in [0.2, 0.25) is 0 Å². The standard InChI is InChI=1S/C13H16BrN3O4/c1-19-10-6-9(7-11(20-2)12(10)21-3)16-8-15-17(5-4-14)13(16)18/h6-8H,4-5H2,1-3H3. The number of rotatable bonds is 6. The molecule has 0 aliphatic heterocycles. The van der Waals surface area contributed by atoms with E-state index in [0.29, 0.717) is 34.8 Å². The molecule has 7 nitrogen and oxygen atoms in total. The van der Waals surface area contributed by atoms with E-state index in [-0.39, 0.29) is 5.69 Å². The summed E-state index contributed by atoms with van der Waals surface area (Å²) in [6, 6.07) is 3.39. The smallest absolute Gasteiger partial charge is 0.350 e. The Morgan fingerprint density at radius 1 is 1.14 bits per heavy atom. The highest BCUT2D eigenvalue weighted by molar-refractivity contribution is 9.09. The highest BCUT2D eigenvalue weighted by Crippen LogP contribution is 2.38. The fraction of sp³-hybridized carbons (Fsp3) is 0.385. The Kier molecular flexibility index (Phi) is 4.89. The summed E-state index contributed by atoms with van der Waals surface area (Å²) in [5, 5.41) is 4.71. The molecule has 1 aromatic heterocycles. The third-order valence-corrected chi connectivity index (χ3v) is 3.31. The van der Waals surface area contributed by atoms with E-state index in [1.54, 1.807) is 12.1 Å². The van der Waals surface area contributed by atoms with Crippen LogP contribution in [-0.2, 0) is 6.54 Å². The van der Waals surface area contributed by atoms with Crippen molar-refractivity contribution in [2.45, 2.75) is 6.54 Å². The number of benzene rings is 1. The molecular weight excluding hydrogens is 342 g/mol. The van der Waals surface area contributed by atoms with Crippen LogP contribution in [0.5, 0.6) is 17.2 Å². The maximum Gasteiger partial charge on any atom is 0.350 e. The Balaban J connectivity index is 2.57. The number of hydrogen-bond donors (Lipinski definition) is 0. The van der Waals surface area contributed by atoms with Crippen molar-refractivity contribution in [3.8, 4) is 22.9 Å². The van der Waals surface area contributed by atoms with Gasteiger partial charge in [-0.3, -0.25) is 0 Å². The second kappa shape index (κ2) is 6.66. The monoisotopic (exact) mass is 357 g/mol. The van der Waals surface area contributed by atoms with Gasteiger partial charge >= 0.3 is 5.69 Å². The highest BCUT2D eigenvalue weighted by Gasteiger charge is 2.16. The number of ether oxygens (including phenoxy) is 3. The van der Waals surface area contributed by atoms with Gasteiger partial charge in [0.25, 0.3) is 0 Å². The van der Waals surface area contributed by atoms with Crippen LogP contribution in [-0.4, -0.2) is 41.0 Å². The zero-order valence-corrected chi connectivity index (χ0v) is 13.6. The van der Waals surface area contributed by atoms with Gasteiger partial charge in [-0.05, 0) is 0 Å². The largest absolute Gasteiger partial charge is 0.493 e. The average molecular weight is 358 g/mol. The maximum absolute atomic E-state index is 12.2. The molecule has 0 aliphatic carbocycles. The van der Waals surface area contributed by atoms with Crippen molar-refractivity contribution in [3.63, 3.8) is 0 Å². The minimum atomic E-state index is -0.233. The minimum Gasteiger partial charge on any atom is -0.493 e. The summed E-state index contributed by atoms with van der Waals surface area (Å²) in [5.41, 5.74) is 0.360. The van der Waals surface area contributed by atoms with Gasteiger partial charge in [0.15, 0.2) is 11.5 Å². The number of hydrogen-bond acceptors (Lipinski definition) is 5. The molecule has 0 bridgehead atoms. The van der Waals surface area contributed by atoms with Gasteiger partial charge in [0.1, 0.15) is 6.33 Å². The zero-order chi connectivity index (χ0) is 15.4. The molecule has 0 saturated heterocycles. The van der Waals surface area contributed by atoms with Gasteiger partial charge in [-0.15, -0.1) is 0 Å². The predicted octanol–water partition coefficient (Wildman–Crippen LogP) is 1.45. The molecule has 0 radical (unpaired) electrons. The number of nitrogens with zero attached hydrogens (tertiary/aromatic N) is 3. The molecule has 0 N–H and O–H groups in total. The molecule has 2 aromatic rings. The Morgan fingerprint density at radius 3 is 2.24 bits per heavy atom. The molecule has 0 spiro atoms. The normalized spacial score (nSPS) is 10.5. The van der Waals surface area contributed by atoms with Crippen molar-refractivity contribution in [1.29, 1.82) is 0 Å². The van der Waals surface area contributed by atoms with Crippen molar-refractivity contribution in [2.75, 3.05) is 26.7 Å². The van der Waals surface area contributed by atoms with Crippen molar-refractivity contribution in [3.05, 3.63) is 28.9 Å². The van der Waals surface area contributed by atoms with Gasteiger partial charge in [-0.25, -0.2) is 14.0 Å². The summed E-state index contributed by atoms with van der Waals surface area (Å²) in [7, 11) is 4.58. The topological polar surface area (TPSA) is 67.5 Å². The highest BCUT2D eigenvalue weighted by atomic mass is 79.9. The van der Waals surface area contributed by atoms with Gasteiger partial charge in [0.05, 0.1) is 33.6 Å². The second-order valence-corrected chi connectivity index (χ2v) is 4.87. The first kappa shape index (κ1) is 15.4. The lowest BCUT2D eigenvalue weighted by atomic mass is 10.2. The van der Waals surface area contributed by atoms with Gasteiger partial charge in [0, 0.05) is 17.5 Å². The summed E-state index contributed by atoms with van der Waals surface area (Å²) in [4.78, 5) is 12.2. The second-order valence-electron chi connectivity index (χ2n) is 4.08. The summed E-state index contributed by atoms with van der Waals surface area (Å²) in [6.45, 7) is 0.496. The van der Waals surface area contributed by atoms with E-state index in [0.717, 1.165) is 0 Å². The molecule has 1 aromatic carbocycles. The molecular formula is C13H16BrN3O4. The average Bonchev–Trinajstić information content (AvgIpc) is 2.87. The predicted molar refractivity (Wildman–Crippen MR) is 81.3 cm³/mol. The zero-order valence-electron chi connectivity index (χ0n) is 12.0. The van der Waals surface area contributed by atoms with Crippen LogP contribution >= 0.6 is 15.9 Å². The van der Waals surface area contributed by atoms with E-state index in [1.165, 1.54) is 36.9 Å². The molecule has 21 heavy (non-hydrogen) atoms. The SMILES string of the molecule is COc1cc(-n2cnn(CCBr)c2=O)cc(OC)c1OC. The van der Waals surface area contributed by atoms with Crippen molar-refractivity contribution >= 4 is 15.9 Å². The van der Waals surface area contributed by atoms with Crippen LogP contribution in [0.25, 0.3) is 5.69 Å². The molecule has 0 atom stereocenters. The van der Waals surface area contributed by atoms with Gasteiger partial charge < -0.3 is 14.2 Å². The van der Waals surface area contributed by atoms with Crippen LogP contribution < -0.4 is 19.9 Å². The van der Waals surface area contributed by atoms with Crippen LogP contribution in [0.1, 0.15) is 0 Å². The molecule has 114 valence electrons. The van der Waals surface area contributed by atoms with Gasteiger partial charge in [-0.1, -0.05) is 15.9 Å². The van der Waals surface area contributed by atoms with Gasteiger partial charge in [-0.2, -0.15) is 5.10 Å². The number of aryl methyl sites for hydroxylation is 1. The first-order valence-corrected chi connectivity index (χ1v) is 7.29. The third-order valence-electron chi connectivity index (χ3n) is 2.96. The summed E-state index contributed by atoms with van der Waals surface area (Å²) in [6.07, 6.45) is 1.46. The molecule has 0 amide bonds. The lowest BCUT2D eigenvalue weighted by Gasteiger charge is -2.13. The first-order chi connectivity index (χ1) is 10.2. The van der Waals surface area contributed by atoms with E-state index in [1.807, 2.05) is 0 Å². The maximum atomic E-state index is 12.2. The molecule has 8 heteroatoms. The fourth-order valence-electron chi connectivity index (χ4n) is 1.95. The summed E-state index contributed by atoms with van der Waals surface area (Å²) >= 11 is 3.28. The van der Waals surface area contributed by atoms with E-state index < -0.39 is 0 Å². The van der Waals surface area contributed by atoms with E-state index in [9.17, 15) is 4.79 Å². The molecule has 0 fully saturated rings. The van der Waals surface area contributed by atoms with E-state index in [2.05, 4.69) is 21.0 Å². The number of aromatic nitrogens is 3. The van der Waals surface area contributed by atoms with Crippen LogP contribution in [0, 0.1) is 0 Å².